The number of hydroxylamine groups is 2. The van der Waals surface area contributed by atoms with E-state index in [1.165, 1.54) is 0 Å². The maximum absolute atomic E-state index is 11.5. The van der Waals surface area contributed by atoms with Crippen molar-refractivity contribution in [2.75, 3.05) is 18.1 Å². The Bertz CT molecular complexity index is 323. The van der Waals surface area contributed by atoms with Crippen LogP contribution >= 0.6 is 21.6 Å². The van der Waals surface area contributed by atoms with Gasteiger partial charge in [0.1, 0.15) is 0 Å². The summed E-state index contributed by atoms with van der Waals surface area (Å²) in [4.78, 5) is 39.1. The van der Waals surface area contributed by atoms with Crippen molar-refractivity contribution in [1.29, 1.82) is 0 Å². The van der Waals surface area contributed by atoms with Crippen molar-refractivity contribution in [1.82, 2.24) is 5.06 Å². The van der Waals surface area contributed by atoms with Gasteiger partial charge in [0.15, 0.2) is 0 Å². The summed E-state index contributed by atoms with van der Waals surface area (Å²) in [5.74, 6) is 0.288. The van der Waals surface area contributed by atoms with E-state index in [0.717, 1.165) is 11.5 Å². The molecule has 2 amide bonds. The van der Waals surface area contributed by atoms with E-state index in [4.69, 9.17) is 10.6 Å². The molecule has 0 bridgehead atoms. The zero-order valence-corrected chi connectivity index (χ0v) is 12.3. The first-order chi connectivity index (χ1) is 9.15. The molecule has 1 heterocycles. The minimum Gasteiger partial charge on any atom is -0.330 e. The van der Waals surface area contributed by atoms with Gasteiger partial charge in [-0.15, -0.1) is 5.06 Å². The van der Waals surface area contributed by atoms with Crippen LogP contribution in [0.25, 0.3) is 0 Å². The predicted molar refractivity (Wildman–Crippen MR) is 75.0 cm³/mol. The van der Waals surface area contributed by atoms with Crippen molar-refractivity contribution < 1.29 is 19.2 Å². The lowest BCUT2D eigenvalue weighted by Crippen LogP contribution is -2.41. The molecule has 108 valence electrons. The number of carbonyl (C=O) groups excluding carboxylic acids is 3. The molecule has 1 fully saturated rings. The third-order valence-electron chi connectivity index (χ3n) is 2.32. The average Bonchev–Trinajstić information content (AvgIpc) is 2.38. The molecule has 6 nitrogen and oxygen atoms in total. The third kappa shape index (κ3) is 6.31. The van der Waals surface area contributed by atoms with Crippen LogP contribution in [0.15, 0.2) is 0 Å². The van der Waals surface area contributed by atoms with Crippen LogP contribution in [0.5, 0.6) is 0 Å². The molecule has 1 rings (SSSR count). The Morgan fingerprint density at radius 1 is 1.21 bits per heavy atom. The van der Waals surface area contributed by atoms with Crippen molar-refractivity contribution in [3.63, 3.8) is 0 Å². The Morgan fingerprint density at radius 3 is 2.47 bits per heavy atom. The number of hydrogen-bond acceptors (Lipinski definition) is 7. The highest BCUT2D eigenvalue weighted by atomic mass is 33.1. The standard InChI is InChI=1S/C11H18N2O4S2/c12-6-8-19-18-7-2-5-11(16)17-13-9(14)3-1-4-10(13)15/h1-8,12H2. The van der Waals surface area contributed by atoms with Crippen molar-refractivity contribution in [2.45, 2.75) is 32.1 Å². The molecule has 0 atom stereocenters. The molecule has 0 aliphatic carbocycles. The molecule has 0 aromatic heterocycles. The zero-order valence-electron chi connectivity index (χ0n) is 10.6. The summed E-state index contributed by atoms with van der Waals surface area (Å²) in [6.07, 6.45) is 1.89. The Kier molecular flexibility index (Phi) is 7.92. The second-order valence-electron chi connectivity index (χ2n) is 3.93. The Labute approximate surface area is 120 Å². The highest BCUT2D eigenvalue weighted by Gasteiger charge is 2.29. The normalized spacial score (nSPS) is 15.7. The maximum Gasteiger partial charge on any atom is 0.333 e. The molecule has 8 heteroatoms. The Morgan fingerprint density at radius 2 is 1.84 bits per heavy atom. The number of rotatable bonds is 8. The lowest BCUT2D eigenvalue weighted by molar-refractivity contribution is -0.205. The molecule has 1 aliphatic rings. The largest absolute Gasteiger partial charge is 0.333 e. The first-order valence-corrected chi connectivity index (χ1v) is 8.65. The summed E-state index contributed by atoms with van der Waals surface area (Å²) in [5, 5.41) is 0.613. The number of nitrogens with two attached hydrogens (primary N) is 1. The van der Waals surface area contributed by atoms with Crippen molar-refractivity contribution >= 4 is 39.4 Å². The summed E-state index contributed by atoms with van der Waals surface area (Å²) in [7, 11) is 3.31. The monoisotopic (exact) mass is 306 g/mol. The van der Waals surface area contributed by atoms with Gasteiger partial charge in [0, 0.05) is 37.3 Å². The summed E-state index contributed by atoms with van der Waals surface area (Å²) < 4.78 is 0. The molecule has 0 aromatic carbocycles. The predicted octanol–water partition coefficient (Wildman–Crippen LogP) is 1.10. The van der Waals surface area contributed by atoms with E-state index in [-0.39, 0.29) is 19.3 Å². The van der Waals surface area contributed by atoms with Crippen LogP contribution in [0.1, 0.15) is 32.1 Å². The van der Waals surface area contributed by atoms with E-state index in [9.17, 15) is 14.4 Å². The maximum atomic E-state index is 11.5. The fourth-order valence-electron chi connectivity index (χ4n) is 1.42. The van der Waals surface area contributed by atoms with Gasteiger partial charge in [0.25, 0.3) is 11.8 Å². The summed E-state index contributed by atoms with van der Waals surface area (Å²) >= 11 is 0. The molecular weight excluding hydrogens is 288 g/mol. The summed E-state index contributed by atoms with van der Waals surface area (Å²) in [6.45, 7) is 0.638. The molecule has 0 aromatic rings. The second kappa shape index (κ2) is 9.22. The van der Waals surface area contributed by atoms with Crippen LogP contribution in [-0.2, 0) is 19.2 Å². The van der Waals surface area contributed by atoms with E-state index in [1.54, 1.807) is 21.6 Å². The molecule has 0 saturated carbocycles. The molecular formula is C11H18N2O4S2. The molecule has 1 saturated heterocycles. The molecule has 0 spiro atoms. The SMILES string of the molecule is NCCSSCCCC(=O)ON1C(=O)CCCC1=O. The summed E-state index contributed by atoms with van der Waals surface area (Å²) in [6, 6.07) is 0. The highest BCUT2D eigenvalue weighted by Crippen LogP contribution is 2.21. The van der Waals surface area contributed by atoms with Gasteiger partial charge >= 0.3 is 5.97 Å². The van der Waals surface area contributed by atoms with Crippen LogP contribution in [-0.4, -0.2) is 40.9 Å². The van der Waals surface area contributed by atoms with Crippen molar-refractivity contribution in [3.05, 3.63) is 0 Å². The molecule has 1 aliphatic heterocycles. The van der Waals surface area contributed by atoms with E-state index < -0.39 is 17.8 Å². The number of amides is 2. The molecule has 2 N–H and O–H groups in total. The third-order valence-corrected chi connectivity index (χ3v) is 4.84. The van der Waals surface area contributed by atoms with Crippen LogP contribution in [0, 0.1) is 0 Å². The molecule has 0 radical (unpaired) electrons. The van der Waals surface area contributed by atoms with Gasteiger partial charge in [-0.3, -0.25) is 9.59 Å². The van der Waals surface area contributed by atoms with Crippen molar-refractivity contribution in [3.8, 4) is 0 Å². The summed E-state index contributed by atoms with van der Waals surface area (Å²) in [5.41, 5.74) is 5.34. The number of nitrogens with zero attached hydrogens (tertiary/aromatic N) is 1. The smallest absolute Gasteiger partial charge is 0.330 e. The van der Waals surface area contributed by atoms with Crippen LogP contribution in [0.3, 0.4) is 0 Å². The minimum absolute atomic E-state index is 0.202. The quantitative estimate of drug-likeness (QED) is 0.408. The number of piperidine rings is 1. The molecule has 19 heavy (non-hydrogen) atoms. The van der Waals surface area contributed by atoms with E-state index in [1.807, 2.05) is 0 Å². The van der Waals surface area contributed by atoms with Crippen LogP contribution < -0.4 is 5.73 Å². The average molecular weight is 306 g/mol. The number of hydrogen-bond donors (Lipinski definition) is 1. The second-order valence-corrected chi connectivity index (χ2v) is 6.64. The van der Waals surface area contributed by atoms with Gasteiger partial charge in [-0.25, -0.2) is 4.79 Å². The first kappa shape index (κ1) is 16.3. The minimum atomic E-state index is -0.534. The number of imide groups is 1. The fourth-order valence-corrected chi connectivity index (χ4v) is 3.37. The zero-order chi connectivity index (χ0) is 14.1. The van der Waals surface area contributed by atoms with Gasteiger partial charge in [0.05, 0.1) is 0 Å². The van der Waals surface area contributed by atoms with Crippen LogP contribution in [0.2, 0.25) is 0 Å². The Balaban J connectivity index is 2.16. The van der Waals surface area contributed by atoms with E-state index in [0.29, 0.717) is 24.4 Å². The Hall–Kier alpha value is -0.730. The molecule has 0 unspecified atom stereocenters. The van der Waals surface area contributed by atoms with Crippen molar-refractivity contribution in [2.24, 2.45) is 5.73 Å². The lowest BCUT2D eigenvalue weighted by atomic mass is 10.1. The van der Waals surface area contributed by atoms with Gasteiger partial charge in [0.2, 0.25) is 0 Å². The topological polar surface area (TPSA) is 89.7 Å². The first-order valence-electron chi connectivity index (χ1n) is 6.16. The lowest BCUT2D eigenvalue weighted by Gasteiger charge is -2.22. The number of carbonyl (C=O) groups is 3. The van der Waals surface area contributed by atoms with E-state index in [2.05, 4.69) is 0 Å². The highest BCUT2D eigenvalue weighted by molar-refractivity contribution is 8.76. The fraction of sp³-hybridized carbons (Fsp3) is 0.727. The van der Waals surface area contributed by atoms with Gasteiger partial charge < -0.3 is 10.6 Å². The van der Waals surface area contributed by atoms with Crippen LogP contribution in [0.4, 0.5) is 0 Å². The van der Waals surface area contributed by atoms with Gasteiger partial charge in [-0.2, -0.15) is 0 Å². The van der Waals surface area contributed by atoms with Gasteiger partial charge in [-0.1, -0.05) is 21.6 Å². The van der Waals surface area contributed by atoms with Gasteiger partial charge in [-0.05, 0) is 12.8 Å². The van der Waals surface area contributed by atoms with E-state index >= 15 is 0 Å².